The van der Waals surface area contributed by atoms with Crippen LogP contribution in [0.5, 0.6) is 0 Å². The van der Waals surface area contributed by atoms with Crippen LogP contribution >= 0.6 is 22.7 Å². The van der Waals surface area contributed by atoms with E-state index in [0.29, 0.717) is 0 Å². The Balaban J connectivity index is 2.03. The van der Waals surface area contributed by atoms with Crippen molar-refractivity contribution in [1.29, 1.82) is 0 Å². The summed E-state index contributed by atoms with van der Waals surface area (Å²) in [6.45, 7) is 5.24. The molecule has 0 aliphatic rings. The first-order valence-electron chi connectivity index (χ1n) is 6.39. The molecule has 0 aromatic carbocycles. The van der Waals surface area contributed by atoms with Gasteiger partial charge in [0.15, 0.2) is 0 Å². The van der Waals surface area contributed by atoms with Crippen molar-refractivity contribution in [2.75, 3.05) is 6.54 Å². The number of thiophene rings is 2. The Hall–Kier alpha value is -1.23. The van der Waals surface area contributed by atoms with Crippen LogP contribution in [-0.2, 0) is 0 Å². The average Bonchev–Trinajstić information content (AvgIpc) is 3.03. The van der Waals surface area contributed by atoms with E-state index in [1.165, 1.54) is 20.7 Å². The largest absolute Gasteiger partial charge is 0.306 e. The highest BCUT2D eigenvalue weighted by atomic mass is 32.1. The highest BCUT2D eigenvalue weighted by Gasteiger charge is 2.15. The monoisotopic (exact) mass is 288 g/mol. The molecule has 0 saturated carbocycles. The SMILES string of the molecule is CCNC(c1csc(C)c1)c1cnc2ccsc2c1. The lowest BCUT2D eigenvalue weighted by Gasteiger charge is -2.17. The summed E-state index contributed by atoms with van der Waals surface area (Å²) in [4.78, 5) is 5.90. The number of pyridine rings is 1. The molecule has 2 nitrogen and oxygen atoms in total. The van der Waals surface area contributed by atoms with Crippen molar-refractivity contribution in [3.8, 4) is 0 Å². The van der Waals surface area contributed by atoms with Crippen molar-refractivity contribution >= 4 is 32.9 Å². The molecule has 3 aromatic rings. The Kier molecular flexibility index (Phi) is 3.64. The van der Waals surface area contributed by atoms with Crippen LogP contribution in [0.15, 0.2) is 35.2 Å². The fourth-order valence-corrected chi connectivity index (χ4v) is 3.79. The average molecular weight is 288 g/mol. The maximum Gasteiger partial charge on any atom is 0.0809 e. The molecule has 0 spiro atoms. The standard InChI is InChI=1S/C15H16N2S2/c1-3-16-15(12-6-10(2)19-9-12)11-7-14-13(17-8-11)4-5-18-14/h4-9,15-16H,3H2,1-2H3. The number of fused-ring (bicyclic) bond motifs is 1. The van der Waals surface area contributed by atoms with Crippen molar-refractivity contribution in [1.82, 2.24) is 10.3 Å². The topological polar surface area (TPSA) is 24.9 Å². The van der Waals surface area contributed by atoms with E-state index in [-0.39, 0.29) is 6.04 Å². The summed E-state index contributed by atoms with van der Waals surface area (Å²) < 4.78 is 1.26. The van der Waals surface area contributed by atoms with Crippen LogP contribution in [0.4, 0.5) is 0 Å². The van der Waals surface area contributed by atoms with E-state index in [0.717, 1.165) is 12.1 Å². The highest BCUT2D eigenvalue weighted by Crippen LogP contribution is 2.29. The van der Waals surface area contributed by atoms with Gasteiger partial charge in [-0.2, -0.15) is 0 Å². The molecule has 0 fully saturated rings. The molecule has 4 heteroatoms. The van der Waals surface area contributed by atoms with Crippen molar-refractivity contribution in [2.24, 2.45) is 0 Å². The van der Waals surface area contributed by atoms with Gasteiger partial charge in [0.25, 0.3) is 0 Å². The summed E-state index contributed by atoms with van der Waals surface area (Å²) in [5, 5.41) is 7.89. The van der Waals surface area contributed by atoms with Gasteiger partial charge in [-0.3, -0.25) is 4.98 Å². The third-order valence-corrected chi connectivity index (χ3v) is 4.88. The van der Waals surface area contributed by atoms with Crippen molar-refractivity contribution in [2.45, 2.75) is 19.9 Å². The van der Waals surface area contributed by atoms with Gasteiger partial charge in [-0.1, -0.05) is 6.92 Å². The van der Waals surface area contributed by atoms with Crippen molar-refractivity contribution in [3.63, 3.8) is 0 Å². The van der Waals surface area contributed by atoms with Crippen LogP contribution in [0.25, 0.3) is 10.2 Å². The molecule has 3 heterocycles. The number of hydrogen-bond acceptors (Lipinski definition) is 4. The highest BCUT2D eigenvalue weighted by molar-refractivity contribution is 7.17. The van der Waals surface area contributed by atoms with Gasteiger partial charge in [-0.25, -0.2) is 0 Å². The second-order valence-corrected chi connectivity index (χ2v) is 6.62. The van der Waals surface area contributed by atoms with E-state index in [1.807, 2.05) is 6.20 Å². The molecular weight excluding hydrogens is 272 g/mol. The first-order chi connectivity index (χ1) is 9.28. The van der Waals surface area contributed by atoms with Gasteiger partial charge in [0.2, 0.25) is 0 Å². The van der Waals surface area contributed by atoms with Gasteiger partial charge >= 0.3 is 0 Å². The summed E-state index contributed by atoms with van der Waals surface area (Å²) in [6.07, 6.45) is 2.00. The summed E-state index contributed by atoms with van der Waals surface area (Å²) in [5.74, 6) is 0. The quantitative estimate of drug-likeness (QED) is 0.771. The van der Waals surface area contributed by atoms with Gasteiger partial charge in [0.05, 0.1) is 16.3 Å². The summed E-state index contributed by atoms with van der Waals surface area (Å²) in [5.41, 5.74) is 3.67. The van der Waals surface area contributed by atoms with E-state index in [9.17, 15) is 0 Å². The lowest BCUT2D eigenvalue weighted by atomic mass is 10.0. The molecule has 1 N–H and O–H groups in total. The molecule has 0 bridgehead atoms. The minimum absolute atomic E-state index is 0.244. The number of nitrogens with one attached hydrogen (secondary N) is 1. The Morgan fingerprint density at radius 1 is 1.26 bits per heavy atom. The summed E-state index contributed by atoms with van der Waals surface area (Å²) in [6, 6.07) is 6.83. The lowest BCUT2D eigenvalue weighted by Crippen LogP contribution is -2.21. The Morgan fingerprint density at radius 3 is 2.89 bits per heavy atom. The molecule has 1 atom stereocenters. The molecular formula is C15H16N2S2. The Labute approximate surface area is 121 Å². The normalized spacial score (nSPS) is 12.9. The summed E-state index contributed by atoms with van der Waals surface area (Å²) in [7, 11) is 0. The van der Waals surface area contributed by atoms with Gasteiger partial charge in [-0.15, -0.1) is 22.7 Å². The first kappa shape index (κ1) is 12.8. The second kappa shape index (κ2) is 5.41. The second-order valence-electron chi connectivity index (χ2n) is 4.55. The molecule has 1 unspecified atom stereocenters. The third kappa shape index (κ3) is 2.56. The van der Waals surface area contributed by atoms with Crippen LogP contribution in [0.2, 0.25) is 0 Å². The fraction of sp³-hybridized carbons (Fsp3) is 0.267. The molecule has 19 heavy (non-hydrogen) atoms. The maximum absolute atomic E-state index is 4.55. The zero-order valence-corrected chi connectivity index (χ0v) is 12.6. The minimum atomic E-state index is 0.244. The zero-order chi connectivity index (χ0) is 13.2. The van der Waals surface area contributed by atoms with E-state index < -0.39 is 0 Å². The van der Waals surface area contributed by atoms with E-state index in [4.69, 9.17) is 0 Å². The molecule has 0 saturated heterocycles. The number of nitrogens with zero attached hydrogens (tertiary/aromatic N) is 1. The van der Waals surface area contributed by atoms with Crippen molar-refractivity contribution in [3.05, 3.63) is 51.2 Å². The molecule has 0 aliphatic heterocycles. The van der Waals surface area contributed by atoms with Gasteiger partial charge in [0.1, 0.15) is 0 Å². The van der Waals surface area contributed by atoms with Crippen LogP contribution in [-0.4, -0.2) is 11.5 Å². The van der Waals surface area contributed by atoms with Crippen LogP contribution in [0.3, 0.4) is 0 Å². The lowest BCUT2D eigenvalue weighted by molar-refractivity contribution is 0.631. The fourth-order valence-electron chi connectivity index (χ4n) is 2.27. The zero-order valence-electron chi connectivity index (χ0n) is 11.0. The van der Waals surface area contributed by atoms with Crippen LogP contribution in [0, 0.1) is 6.92 Å². The van der Waals surface area contributed by atoms with E-state index >= 15 is 0 Å². The van der Waals surface area contributed by atoms with Gasteiger partial charge < -0.3 is 5.32 Å². The van der Waals surface area contributed by atoms with Gasteiger partial charge in [-0.05, 0) is 53.6 Å². The molecule has 0 amide bonds. The Bertz CT molecular complexity index is 684. The van der Waals surface area contributed by atoms with E-state index in [2.05, 4.69) is 53.1 Å². The molecule has 98 valence electrons. The minimum Gasteiger partial charge on any atom is -0.306 e. The predicted octanol–water partition coefficient (Wildman–Crippen LogP) is 4.37. The summed E-state index contributed by atoms with van der Waals surface area (Å²) >= 11 is 3.55. The number of hydrogen-bond donors (Lipinski definition) is 1. The number of aromatic nitrogens is 1. The maximum atomic E-state index is 4.55. The number of rotatable bonds is 4. The predicted molar refractivity (Wildman–Crippen MR) is 84.2 cm³/mol. The molecule has 0 radical (unpaired) electrons. The first-order valence-corrected chi connectivity index (χ1v) is 8.15. The van der Waals surface area contributed by atoms with E-state index in [1.54, 1.807) is 22.7 Å². The Morgan fingerprint density at radius 2 is 2.16 bits per heavy atom. The third-order valence-electron chi connectivity index (χ3n) is 3.15. The molecule has 3 aromatic heterocycles. The smallest absolute Gasteiger partial charge is 0.0809 e. The molecule has 3 rings (SSSR count). The molecule has 0 aliphatic carbocycles. The van der Waals surface area contributed by atoms with Crippen LogP contribution in [0.1, 0.15) is 29.0 Å². The van der Waals surface area contributed by atoms with Crippen molar-refractivity contribution < 1.29 is 0 Å². The number of aryl methyl sites for hydroxylation is 1. The van der Waals surface area contributed by atoms with Crippen LogP contribution < -0.4 is 5.32 Å². The van der Waals surface area contributed by atoms with Gasteiger partial charge in [0, 0.05) is 11.1 Å².